The maximum Gasteiger partial charge on any atom is 0.284 e. The Morgan fingerprint density at radius 2 is 1.85 bits per heavy atom. The summed E-state index contributed by atoms with van der Waals surface area (Å²) in [6.07, 6.45) is 1.26. The molecule has 0 bridgehead atoms. The van der Waals surface area contributed by atoms with Gasteiger partial charge in [-0.05, 0) is 38.1 Å². The molecule has 0 spiro atoms. The van der Waals surface area contributed by atoms with Crippen LogP contribution in [0.25, 0.3) is 0 Å². The van der Waals surface area contributed by atoms with Crippen molar-refractivity contribution in [3.05, 3.63) is 54.0 Å². The first kappa shape index (κ1) is 14.5. The highest BCUT2D eigenvalue weighted by Gasteiger charge is 2.27. The number of aromatic nitrogens is 1. The van der Waals surface area contributed by atoms with Gasteiger partial charge in [0.2, 0.25) is 5.03 Å². The van der Waals surface area contributed by atoms with Crippen molar-refractivity contribution in [1.82, 2.24) is 4.98 Å². The molecule has 2 aromatic rings. The number of anilines is 1. The summed E-state index contributed by atoms with van der Waals surface area (Å²) in [5.74, 6) is -0.849. The number of halogens is 1. The average Bonchev–Trinajstić information content (AvgIpc) is 2.42. The van der Waals surface area contributed by atoms with Gasteiger partial charge in [0, 0.05) is 12.7 Å². The number of pyridine rings is 1. The summed E-state index contributed by atoms with van der Waals surface area (Å²) in [6.45, 7) is 3.80. The molecule has 0 aliphatic carbocycles. The van der Waals surface area contributed by atoms with E-state index in [1.54, 1.807) is 19.1 Å². The van der Waals surface area contributed by atoms with E-state index in [0.29, 0.717) is 5.69 Å². The summed E-state index contributed by atoms with van der Waals surface area (Å²) in [5, 5.41) is -0.553. The van der Waals surface area contributed by atoms with Gasteiger partial charge in [0.05, 0.1) is 5.69 Å². The zero-order valence-electron chi connectivity index (χ0n) is 11.2. The average molecular weight is 294 g/mol. The zero-order valence-corrected chi connectivity index (χ0v) is 12.1. The lowest BCUT2D eigenvalue weighted by Crippen LogP contribution is -2.32. The molecule has 0 amide bonds. The lowest BCUT2D eigenvalue weighted by Gasteiger charge is -2.22. The van der Waals surface area contributed by atoms with Crippen molar-refractivity contribution in [2.45, 2.75) is 18.9 Å². The highest BCUT2D eigenvalue weighted by Crippen LogP contribution is 2.23. The van der Waals surface area contributed by atoms with Crippen LogP contribution in [0.2, 0.25) is 0 Å². The Kier molecular flexibility index (Phi) is 4.04. The minimum absolute atomic E-state index is 0.196. The lowest BCUT2D eigenvalue weighted by atomic mass is 10.2. The van der Waals surface area contributed by atoms with Gasteiger partial charge in [-0.25, -0.2) is 9.37 Å². The Morgan fingerprint density at radius 3 is 2.40 bits per heavy atom. The van der Waals surface area contributed by atoms with Gasteiger partial charge < -0.3 is 0 Å². The van der Waals surface area contributed by atoms with Crippen LogP contribution < -0.4 is 4.31 Å². The van der Waals surface area contributed by atoms with E-state index in [2.05, 4.69) is 4.98 Å². The van der Waals surface area contributed by atoms with Gasteiger partial charge in [-0.15, -0.1) is 0 Å². The van der Waals surface area contributed by atoms with Gasteiger partial charge in [-0.2, -0.15) is 8.42 Å². The van der Waals surface area contributed by atoms with E-state index in [1.165, 1.54) is 12.3 Å². The molecule has 20 heavy (non-hydrogen) atoms. The van der Waals surface area contributed by atoms with Gasteiger partial charge in [-0.1, -0.05) is 17.7 Å². The fourth-order valence-electron chi connectivity index (χ4n) is 1.87. The molecule has 1 aromatic heterocycles. The fraction of sp³-hybridized carbons (Fsp3) is 0.214. The van der Waals surface area contributed by atoms with Crippen LogP contribution in [-0.4, -0.2) is 19.9 Å². The Balaban J connectivity index is 2.51. The first-order valence-electron chi connectivity index (χ1n) is 6.16. The van der Waals surface area contributed by atoms with Crippen molar-refractivity contribution in [2.24, 2.45) is 0 Å². The normalized spacial score (nSPS) is 11.3. The lowest BCUT2D eigenvalue weighted by molar-refractivity contribution is 0.551. The van der Waals surface area contributed by atoms with E-state index >= 15 is 0 Å². The Bertz CT molecular complexity index is 699. The predicted octanol–water partition coefficient (Wildman–Crippen LogP) is 2.74. The number of nitrogens with zero attached hydrogens (tertiary/aromatic N) is 2. The third kappa shape index (κ3) is 2.65. The Hall–Kier alpha value is -1.95. The standard InChI is InChI=1S/C14H15FN2O2S/c1-3-17(12-8-6-11(2)7-9-12)20(18,19)14-13(15)5-4-10-16-14/h4-10H,3H2,1-2H3. The minimum atomic E-state index is -4.00. The van der Waals surface area contributed by atoms with Crippen LogP contribution in [0.3, 0.4) is 0 Å². The number of hydrogen-bond donors (Lipinski definition) is 0. The van der Waals surface area contributed by atoms with E-state index < -0.39 is 20.9 Å². The van der Waals surface area contributed by atoms with Gasteiger partial charge in [0.25, 0.3) is 10.0 Å². The first-order chi connectivity index (χ1) is 9.46. The molecule has 0 radical (unpaired) electrons. The smallest absolute Gasteiger partial charge is 0.265 e. The SMILES string of the molecule is CCN(c1ccc(C)cc1)S(=O)(=O)c1ncccc1F. The van der Waals surface area contributed by atoms with Crippen LogP contribution in [0, 0.1) is 12.7 Å². The molecule has 0 unspecified atom stereocenters. The largest absolute Gasteiger partial charge is 0.284 e. The van der Waals surface area contributed by atoms with Crippen molar-refractivity contribution in [2.75, 3.05) is 10.8 Å². The topological polar surface area (TPSA) is 50.3 Å². The number of rotatable bonds is 4. The Labute approximate surface area is 117 Å². The van der Waals surface area contributed by atoms with Gasteiger partial charge in [-0.3, -0.25) is 4.31 Å². The molecule has 0 atom stereocenters. The monoisotopic (exact) mass is 294 g/mol. The molecule has 0 aliphatic rings. The maximum atomic E-state index is 13.7. The molecule has 0 aliphatic heterocycles. The fourth-order valence-corrected chi connectivity index (χ4v) is 3.32. The summed E-state index contributed by atoms with van der Waals surface area (Å²) in [5.41, 5.74) is 1.51. The van der Waals surface area contributed by atoms with E-state index in [4.69, 9.17) is 0 Å². The second-order valence-electron chi connectivity index (χ2n) is 4.30. The molecule has 2 rings (SSSR count). The van der Waals surface area contributed by atoms with Crippen LogP contribution >= 0.6 is 0 Å². The second-order valence-corrected chi connectivity index (χ2v) is 6.07. The number of aryl methyl sites for hydroxylation is 1. The molecular formula is C14H15FN2O2S. The maximum absolute atomic E-state index is 13.7. The molecule has 0 fully saturated rings. The number of sulfonamides is 1. The number of hydrogen-bond acceptors (Lipinski definition) is 3. The van der Waals surface area contributed by atoms with Crippen molar-refractivity contribution in [3.63, 3.8) is 0 Å². The van der Waals surface area contributed by atoms with E-state index in [-0.39, 0.29) is 6.54 Å². The summed E-state index contributed by atoms with van der Waals surface area (Å²) >= 11 is 0. The van der Waals surface area contributed by atoms with Crippen LogP contribution in [0.1, 0.15) is 12.5 Å². The summed E-state index contributed by atoms with van der Waals surface area (Å²) in [7, 11) is -4.00. The molecule has 0 saturated heterocycles. The minimum Gasteiger partial charge on any atom is -0.265 e. The molecule has 106 valence electrons. The van der Waals surface area contributed by atoms with E-state index in [0.717, 1.165) is 15.9 Å². The summed E-state index contributed by atoms with van der Waals surface area (Å²) < 4.78 is 39.8. The third-order valence-corrected chi connectivity index (χ3v) is 4.71. The summed E-state index contributed by atoms with van der Waals surface area (Å²) in [4.78, 5) is 3.66. The molecular weight excluding hydrogens is 279 g/mol. The molecule has 0 N–H and O–H groups in total. The van der Waals surface area contributed by atoms with E-state index in [1.807, 2.05) is 19.1 Å². The third-order valence-electron chi connectivity index (χ3n) is 2.87. The number of benzene rings is 1. The summed E-state index contributed by atoms with van der Waals surface area (Å²) in [6, 6.07) is 9.44. The quantitative estimate of drug-likeness (QED) is 0.871. The van der Waals surface area contributed by atoms with Crippen LogP contribution in [0.4, 0.5) is 10.1 Å². The highest BCUT2D eigenvalue weighted by molar-refractivity contribution is 7.92. The molecule has 6 heteroatoms. The van der Waals surface area contributed by atoms with Crippen LogP contribution in [0.15, 0.2) is 47.6 Å². The van der Waals surface area contributed by atoms with Crippen LogP contribution in [-0.2, 0) is 10.0 Å². The molecule has 1 heterocycles. The first-order valence-corrected chi connectivity index (χ1v) is 7.60. The Morgan fingerprint density at radius 1 is 1.20 bits per heavy atom. The van der Waals surface area contributed by atoms with Gasteiger partial charge in [0.1, 0.15) is 0 Å². The zero-order chi connectivity index (χ0) is 14.8. The van der Waals surface area contributed by atoms with Crippen molar-refractivity contribution in [3.8, 4) is 0 Å². The van der Waals surface area contributed by atoms with Crippen molar-refractivity contribution in [1.29, 1.82) is 0 Å². The molecule has 1 aromatic carbocycles. The van der Waals surface area contributed by atoms with Crippen molar-refractivity contribution >= 4 is 15.7 Å². The van der Waals surface area contributed by atoms with Gasteiger partial charge >= 0.3 is 0 Å². The van der Waals surface area contributed by atoms with Crippen molar-refractivity contribution < 1.29 is 12.8 Å². The van der Waals surface area contributed by atoms with Crippen LogP contribution in [0.5, 0.6) is 0 Å². The predicted molar refractivity (Wildman–Crippen MR) is 75.6 cm³/mol. The highest BCUT2D eigenvalue weighted by atomic mass is 32.2. The molecule has 4 nitrogen and oxygen atoms in total. The van der Waals surface area contributed by atoms with Gasteiger partial charge in [0.15, 0.2) is 5.82 Å². The molecule has 0 saturated carbocycles. The van der Waals surface area contributed by atoms with E-state index in [9.17, 15) is 12.8 Å². The second kappa shape index (κ2) is 5.58.